The fourth-order valence-corrected chi connectivity index (χ4v) is 1.69. The van der Waals surface area contributed by atoms with Crippen LogP contribution < -0.4 is 0 Å². The number of hydrogen-bond acceptors (Lipinski definition) is 4. The minimum absolute atomic E-state index is 0. The van der Waals surface area contributed by atoms with Crippen molar-refractivity contribution >= 4 is 38.3 Å². The van der Waals surface area contributed by atoms with Gasteiger partial charge < -0.3 is 12.6 Å². The molecule has 0 bridgehead atoms. The summed E-state index contributed by atoms with van der Waals surface area (Å²) in [5.41, 5.74) is 0. The van der Waals surface area contributed by atoms with Crippen molar-refractivity contribution in [1.29, 1.82) is 0 Å². The van der Waals surface area contributed by atoms with Crippen molar-refractivity contribution in [3.05, 3.63) is 0 Å². The van der Waals surface area contributed by atoms with Gasteiger partial charge in [-0.3, -0.25) is 0 Å². The Hall–Kier alpha value is 0.832. The molecule has 1 aliphatic carbocycles. The van der Waals surface area contributed by atoms with E-state index in [1.807, 2.05) is 0 Å². The van der Waals surface area contributed by atoms with Crippen molar-refractivity contribution in [1.82, 2.24) is 0 Å². The average molecular weight is 371 g/mol. The van der Waals surface area contributed by atoms with Gasteiger partial charge in [0.1, 0.15) is 0 Å². The summed E-state index contributed by atoms with van der Waals surface area (Å²) in [6, 6.07) is 0. The van der Waals surface area contributed by atoms with Crippen molar-refractivity contribution in [3.8, 4) is 0 Å². The van der Waals surface area contributed by atoms with Crippen molar-refractivity contribution < 1.29 is 12.6 Å². The predicted octanol–water partition coefficient (Wildman–Crippen LogP) is 0.911. The van der Waals surface area contributed by atoms with E-state index in [1.54, 1.807) is 0 Å². The summed E-state index contributed by atoms with van der Waals surface area (Å²) in [4.78, 5) is 0. The van der Waals surface area contributed by atoms with E-state index in [9.17, 15) is 8.42 Å². The Kier molecular flexibility index (Phi) is 6.84. The number of hydrogen-bond donors (Lipinski definition) is 0. The fourth-order valence-electron chi connectivity index (χ4n) is 1.27. The van der Waals surface area contributed by atoms with E-state index >= 15 is 0 Å². The van der Waals surface area contributed by atoms with Crippen LogP contribution in [0, 0.1) is 0 Å². The molecule has 1 rings (SSSR count). The van der Waals surface area contributed by atoms with E-state index in [0.29, 0.717) is 0 Å². The van der Waals surface area contributed by atoms with Crippen LogP contribution in [0.15, 0.2) is 0 Å². The molecule has 1 aliphatic rings. The molecule has 0 heterocycles. The van der Waals surface area contributed by atoms with Gasteiger partial charge in [-0.25, -0.2) is 0 Å². The summed E-state index contributed by atoms with van der Waals surface area (Å²) in [6.45, 7) is 0. The Morgan fingerprint density at radius 1 is 1.09 bits per heavy atom. The van der Waals surface area contributed by atoms with Gasteiger partial charge >= 0.3 is 27.3 Å². The van der Waals surface area contributed by atoms with Crippen LogP contribution in [0.1, 0.15) is 32.1 Å². The zero-order valence-corrected chi connectivity index (χ0v) is 11.6. The van der Waals surface area contributed by atoms with Crippen molar-refractivity contribution in [2.75, 3.05) is 0 Å². The summed E-state index contributed by atoms with van der Waals surface area (Å²) in [6.07, 6.45) is 5.17. The van der Waals surface area contributed by atoms with Crippen LogP contribution in [0.4, 0.5) is 0 Å². The second kappa shape index (κ2) is 6.36. The molecule has 5 heteroatoms. The molecule has 3 radical (unpaired) electrons. The molecule has 0 N–H and O–H groups in total. The second-order valence-corrected chi connectivity index (χ2v) is 3.16. The summed E-state index contributed by atoms with van der Waals surface area (Å²) in [7, 11) is -2.31. The first-order chi connectivity index (χ1) is 4.79. The molecule has 0 unspecified atom stereocenters. The maximum atomic E-state index is 10.0. The van der Waals surface area contributed by atoms with Crippen molar-refractivity contribution in [3.63, 3.8) is 0 Å². The molecule has 3 nitrogen and oxygen atoms in total. The van der Waals surface area contributed by atoms with Crippen LogP contribution in [0.5, 0.6) is 0 Å². The van der Waals surface area contributed by atoms with Crippen molar-refractivity contribution in [2.24, 2.45) is 0 Å². The summed E-state index contributed by atoms with van der Waals surface area (Å²) in [5.74, 6) is 0. The molecule has 1 saturated carbocycles. The quantitative estimate of drug-likeness (QED) is 0.535. The number of rotatable bonds is 2. The van der Waals surface area contributed by atoms with Gasteiger partial charge in [-0.2, -0.15) is 0 Å². The predicted molar refractivity (Wildman–Crippen MR) is 43.8 cm³/mol. The molecule has 0 amide bonds. The molecule has 11 heavy (non-hydrogen) atoms. The van der Waals surface area contributed by atoms with Crippen LogP contribution in [0.3, 0.4) is 0 Å². The van der Waals surface area contributed by atoms with Crippen LogP contribution in [-0.4, -0.2) is 33.4 Å². The topological polar surface area (TPSA) is 43.4 Å². The minimum atomic E-state index is -2.31. The van der Waals surface area contributed by atoms with Gasteiger partial charge in [0.2, 0.25) is 0 Å². The van der Waals surface area contributed by atoms with Crippen LogP contribution >= 0.6 is 0 Å². The standard InChI is InChI=1S/C6H11O3S.Pb.H/c7-10(8)9-6-4-2-1-3-5-6;;/h6H,1-5H2;;/q-1;;. The molecule has 65 valence electrons. The molecule has 1 fully saturated rings. The first-order valence-corrected chi connectivity index (χ1v) is 4.55. The normalized spacial score (nSPS) is 19.7. The van der Waals surface area contributed by atoms with Gasteiger partial charge in [0.25, 0.3) is 0 Å². The Morgan fingerprint density at radius 2 is 1.64 bits per heavy atom. The summed E-state index contributed by atoms with van der Waals surface area (Å²) in [5, 5.41) is 0. The fraction of sp³-hybridized carbons (Fsp3) is 1.00. The summed E-state index contributed by atoms with van der Waals surface area (Å²) >= 11 is 0. The second-order valence-electron chi connectivity index (χ2n) is 2.56. The maximum absolute atomic E-state index is 10.0. The molecular formula is C6H12O3PbS-. The third kappa shape index (κ3) is 5.13. The van der Waals surface area contributed by atoms with Crippen molar-refractivity contribution in [2.45, 2.75) is 38.2 Å². The average Bonchev–Trinajstić information content (AvgIpc) is 1.88. The van der Waals surface area contributed by atoms with Crippen LogP contribution in [0.2, 0.25) is 0 Å². The third-order valence-electron chi connectivity index (χ3n) is 1.77. The molecule has 0 saturated heterocycles. The molecule has 0 atom stereocenters. The monoisotopic (exact) mass is 372 g/mol. The SMILES string of the molecule is O=[S-](=O)OC1CCCCC1.[PbH]. The first-order valence-electron chi connectivity index (χ1n) is 3.55. The molecule has 0 aromatic carbocycles. The van der Waals surface area contributed by atoms with E-state index in [0.717, 1.165) is 25.7 Å². The Bertz CT molecular complexity index is 155. The Balaban J connectivity index is 0.000001000. The van der Waals surface area contributed by atoms with E-state index in [2.05, 4.69) is 4.18 Å². The molecule has 0 spiro atoms. The first kappa shape index (κ1) is 11.8. The van der Waals surface area contributed by atoms with Gasteiger partial charge in [-0.05, 0) is 12.8 Å². The summed E-state index contributed by atoms with van der Waals surface area (Å²) < 4.78 is 24.7. The van der Waals surface area contributed by atoms with Gasteiger partial charge in [0.15, 0.2) is 0 Å². The van der Waals surface area contributed by atoms with E-state index in [-0.39, 0.29) is 33.4 Å². The zero-order chi connectivity index (χ0) is 7.40. The van der Waals surface area contributed by atoms with E-state index < -0.39 is 11.0 Å². The van der Waals surface area contributed by atoms with E-state index in [1.165, 1.54) is 6.42 Å². The molecule has 0 aromatic heterocycles. The van der Waals surface area contributed by atoms with E-state index in [4.69, 9.17) is 0 Å². The van der Waals surface area contributed by atoms with Gasteiger partial charge in [-0.1, -0.05) is 19.3 Å². The Morgan fingerprint density at radius 3 is 2.09 bits per heavy atom. The third-order valence-corrected chi connectivity index (χ3v) is 2.20. The molecule has 0 aliphatic heterocycles. The van der Waals surface area contributed by atoms with Gasteiger partial charge in [0, 0.05) is 6.10 Å². The molecule has 0 aromatic rings. The van der Waals surface area contributed by atoms with Gasteiger partial charge in [-0.15, -0.1) is 0 Å². The zero-order valence-electron chi connectivity index (χ0n) is 6.32. The van der Waals surface area contributed by atoms with Crippen LogP contribution in [0.25, 0.3) is 0 Å². The van der Waals surface area contributed by atoms with Gasteiger partial charge in [0.05, 0.1) is 11.0 Å². The Labute approximate surface area is 88.8 Å². The molecular weight excluding hydrogens is 359 g/mol. The van der Waals surface area contributed by atoms with Crippen LogP contribution in [-0.2, 0) is 23.6 Å².